The Morgan fingerprint density at radius 1 is 0.469 bits per heavy atom. The normalized spacial score (nSPS) is 11.8. The molecule has 0 fully saturated rings. The highest BCUT2D eigenvalue weighted by Gasteiger charge is 2.21. The molecule has 0 bridgehead atoms. The van der Waals surface area contributed by atoms with Gasteiger partial charge in [-0.15, -0.1) is 0 Å². The smallest absolute Gasteiger partial charge is 0.136 e. The topological polar surface area (TPSA) is 43.9 Å². The van der Waals surface area contributed by atoms with E-state index in [0.717, 1.165) is 88.7 Å². The van der Waals surface area contributed by atoms with Crippen molar-refractivity contribution in [3.63, 3.8) is 0 Å². The molecule has 0 spiro atoms. The first-order chi connectivity index (χ1) is 24.2. The molecular weight excluding hydrogens is 599 g/mol. The van der Waals surface area contributed by atoms with Crippen LogP contribution in [0.15, 0.2) is 162 Å². The number of benzene rings is 7. The zero-order chi connectivity index (χ0) is 32.5. The van der Waals surface area contributed by atoms with Crippen LogP contribution in [0.3, 0.4) is 0 Å². The Hall–Kier alpha value is -6.52. The molecule has 3 heterocycles. The summed E-state index contributed by atoms with van der Waals surface area (Å²) < 4.78 is 8.75. The second-order valence-corrected chi connectivity index (χ2v) is 12.6. The van der Waals surface area contributed by atoms with Crippen molar-refractivity contribution in [3.8, 4) is 39.2 Å². The highest BCUT2D eigenvalue weighted by atomic mass is 16.3. The first kappa shape index (κ1) is 27.6. The van der Waals surface area contributed by atoms with E-state index < -0.39 is 0 Å². The largest absolute Gasteiger partial charge is 0.456 e. The Kier molecular flexibility index (Phi) is 6.06. The lowest BCUT2D eigenvalue weighted by atomic mass is 9.89. The molecule has 4 heteroatoms. The summed E-state index contributed by atoms with van der Waals surface area (Å²) >= 11 is 0. The number of nitrogens with zero attached hydrogens (tertiary/aromatic N) is 3. The molecule has 0 unspecified atom stereocenters. The zero-order valence-corrected chi connectivity index (χ0v) is 26.8. The number of hydrogen-bond donors (Lipinski definition) is 0. The van der Waals surface area contributed by atoms with Gasteiger partial charge in [-0.05, 0) is 66.1 Å². The van der Waals surface area contributed by atoms with E-state index in [1.807, 2.05) is 12.1 Å². The predicted octanol–water partition coefficient (Wildman–Crippen LogP) is 11.9. The van der Waals surface area contributed by atoms with Gasteiger partial charge in [0.2, 0.25) is 0 Å². The van der Waals surface area contributed by atoms with Gasteiger partial charge in [-0.1, -0.05) is 115 Å². The number of furan rings is 1. The number of para-hydroxylation sites is 4. The van der Waals surface area contributed by atoms with Crippen molar-refractivity contribution >= 4 is 54.6 Å². The summed E-state index contributed by atoms with van der Waals surface area (Å²) in [6, 6.07) is 55.5. The Morgan fingerprint density at radius 3 is 1.90 bits per heavy atom. The monoisotopic (exact) mass is 627 g/mol. The fourth-order valence-corrected chi connectivity index (χ4v) is 7.53. The average Bonchev–Trinajstić information content (AvgIpc) is 3.70. The van der Waals surface area contributed by atoms with E-state index >= 15 is 0 Å². The summed E-state index contributed by atoms with van der Waals surface area (Å²) in [5, 5.41) is 5.64. The van der Waals surface area contributed by atoms with E-state index in [1.165, 1.54) is 10.9 Å². The summed E-state index contributed by atoms with van der Waals surface area (Å²) in [6.07, 6.45) is 0. The van der Waals surface area contributed by atoms with Crippen molar-refractivity contribution in [2.75, 3.05) is 0 Å². The van der Waals surface area contributed by atoms with Gasteiger partial charge in [0.25, 0.3) is 0 Å². The lowest BCUT2D eigenvalue weighted by molar-refractivity contribution is 0.669. The molecule has 0 amide bonds. The number of pyridine rings is 1. The van der Waals surface area contributed by atoms with Crippen molar-refractivity contribution in [1.82, 2.24) is 14.5 Å². The summed E-state index contributed by atoms with van der Waals surface area (Å²) in [5.41, 5.74) is 12.6. The quantitative estimate of drug-likeness (QED) is 0.182. The lowest BCUT2D eigenvalue weighted by Crippen LogP contribution is -1.96. The van der Waals surface area contributed by atoms with E-state index in [9.17, 15) is 0 Å². The third kappa shape index (κ3) is 4.31. The van der Waals surface area contributed by atoms with Gasteiger partial charge in [0.1, 0.15) is 17.0 Å². The van der Waals surface area contributed by atoms with Crippen molar-refractivity contribution in [3.05, 3.63) is 164 Å². The molecule has 0 saturated carbocycles. The van der Waals surface area contributed by atoms with Gasteiger partial charge < -0.3 is 4.42 Å². The fourth-order valence-electron chi connectivity index (χ4n) is 7.53. The van der Waals surface area contributed by atoms with E-state index in [4.69, 9.17) is 14.4 Å². The van der Waals surface area contributed by atoms with Gasteiger partial charge >= 0.3 is 0 Å². The minimum Gasteiger partial charge on any atom is -0.456 e. The van der Waals surface area contributed by atoms with Crippen LogP contribution >= 0.6 is 0 Å². The Bertz CT molecular complexity index is 2860. The Labute approximate surface area is 282 Å². The molecule has 7 aromatic carbocycles. The first-order valence-electron chi connectivity index (χ1n) is 16.6. The third-order valence-electron chi connectivity index (χ3n) is 9.74. The molecule has 10 rings (SSSR count). The second-order valence-electron chi connectivity index (χ2n) is 12.6. The molecule has 49 heavy (non-hydrogen) atoms. The van der Waals surface area contributed by atoms with Crippen LogP contribution in [0.1, 0.15) is 5.82 Å². The number of imidazole rings is 1. The van der Waals surface area contributed by atoms with Gasteiger partial charge in [-0.2, -0.15) is 0 Å². The van der Waals surface area contributed by atoms with E-state index in [1.54, 1.807) is 0 Å². The molecule has 0 atom stereocenters. The predicted molar refractivity (Wildman–Crippen MR) is 202 cm³/mol. The van der Waals surface area contributed by atoms with Crippen LogP contribution < -0.4 is 0 Å². The third-order valence-corrected chi connectivity index (χ3v) is 9.74. The van der Waals surface area contributed by atoms with Crippen LogP contribution in [0.25, 0.3) is 93.8 Å². The van der Waals surface area contributed by atoms with Gasteiger partial charge in [-0.3, -0.25) is 4.57 Å². The highest BCUT2D eigenvalue weighted by molar-refractivity contribution is 6.27. The number of fused-ring (bicyclic) bond motifs is 7. The van der Waals surface area contributed by atoms with E-state index in [0.29, 0.717) is 0 Å². The minimum atomic E-state index is 0.864. The number of aromatic nitrogens is 3. The number of hydrogen-bond acceptors (Lipinski definition) is 3. The van der Waals surface area contributed by atoms with Crippen molar-refractivity contribution < 1.29 is 4.42 Å². The first-order valence-corrected chi connectivity index (χ1v) is 16.6. The van der Waals surface area contributed by atoms with Crippen LogP contribution in [0, 0.1) is 6.92 Å². The molecule has 0 radical (unpaired) electrons. The SMILES string of the molecule is Cc1nc2ccccc2n1-c1ccc(-c2ccc(-c3nc4ccccc4c4c(-c5ccccc5)c5c(cc34)oc3ccccc35)cc2)cc1. The average molecular weight is 628 g/mol. The molecule has 10 aromatic rings. The lowest BCUT2D eigenvalue weighted by Gasteiger charge is -2.16. The number of rotatable bonds is 4. The standard InChI is InChI=1S/C45H29N3O/c1-28-46-38-16-8-9-17-39(38)48(28)33-25-23-30(24-26-33)29-19-21-32(22-20-29)45-36-27-41-44(35-14-6-10-18-40(35)49-41)42(31-11-3-2-4-12-31)43(36)34-13-5-7-15-37(34)47-45/h2-27H,1H3. The maximum atomic E-state index is 6.54. The summed E-state index contributed by atoms with van der Waals surface area (Å²) in [4.78, 5) is 10.0. The molecule has 230 valence electrons. The van der Waals surface area contributed by atoms with Gasteiger partial charge in [-0.25, -0.2) is 9.97 Å². The van der Waals surface area contributed by atoms with Gasteiger partial charge in [0.05, 0.1) is 22.2 Å². The molecular formula is C45H29N3O. The van der Waals surface area contributed by atoms with Crippen LogP contribution in [0.5, 0.6) is 0 Å². The van der Waals surface area contributed by atoms with Crippen molar-refractivity contribution in [1.29, 1.82) is 0 Å². The minimum absolute atomic E-state index is 0.864. The van der Waals surface area contributed by atoms with E-state index in [2.05, 4.69) is 157 Å². The molecule has 3 aromatic heterocycles. The summed E-state index contributed by atoms with van der Waals surface area (Å²) in [7, 11) is 0. The maximum absolute atomic E-state index is 6.54. The van der Waals surface area contributed by atoms with Crippen LogP contribution in [-0.4, -0.2) is 14.5 Å². The Balaban J connectivity index is 1.14. The summed E-state index contributed by atoms with van der Waals surface area (Å²) in [5.74, 6) is 0.976. The number of aryl methyl sites for hydroxylation is 1. The molecule has 4 nitrogen and oxygen atoms in total. The molecule has 0 N–H and O–H groups in total. The molecule has 0 aliphatic carbocycles. The molecule has 0 saturated heterocycles. The zero-order valence-electron chi connectivity index (χ0n) is 26.8. The second kappa shape index (κ2) is 10.8. The highest BCUT2D eigenvalue weighted by Crippen LogP contribution is 2.46. The van der Waals surface area contributed by atoms with Crippen molar-refractivity contribution in [2.45, 2.75) is 6.92 Å². The molecule has 0 aliphatic rings. The van der Waals surface area contributed by atoms with Gasteiger partial charge in [0, 0.05) is 43.7 Å². The molecule has 0 aliphatic heterocycles. The van der Waals surface area contributed by atoms with E-state index in [-0.39, 0.29) is 0 Å². The Morgan fingerprint density at radius 2 is 1.10 bits per heavy atom. The van der Waals surface area contributed by atoms with Crippen LogP contribution in [-0.2, 0) is 0 Å². The fraction of sp³-hybridized carbons (Fsp3) is 0.0222. The van der Waals surface area contributed by atoms with Crippen molar-refractivity contribution in [2.24, 2.45) is 0 Å². The van der Waals surface area contributed by atoms with Crippen LogP contribution in [0.4, 0.5) is 0 Å². The summed E-state index contributed by atoms with van der Waals surface area (Å²) in [6.45, 7) is 2.05. The van der Waals surface area contributed by atoms with Crippen LogP contribution in [0.2, 0.25) is 0 Å². The maximum Gasteiger partial charge on any atom is 0.136 e. The van der Waals surface area contributed by atoms with Gasteiger partial charge in [0.15, 0.2) is 0 Å².